The zero-order valence-corrected chi connectivity index (χ0v) is 16.6. The minimum atomic E-state index is -0.0563. The van der Waals surface area contributed by atoms with Crippen LogP contribution in [0.4, 0.5) is 0 Å². The molecule has 0 unspecified atom stereocenters. The molecule has 0 aliphatic carbocycles. The molecule has 0 radical (unpaired) electrons. The van der Waals surface area contributed by atoms with Gasteiger partial charge in [0.1, 0.15) is 5.75 Å². The Kier molecular flexibility index (Phi) is 7.15. The average molecular weight is 405 g/mol. The van der Waals surface area contributed by atoms with Crippen LogP contribution in [0.2, 0.25) is 5.02 Å². The molecular weight excluding hydrogens is 384 g/mol. The number of para-hydroxylation sites is 1. The quantitative estimate of drug-likeness (QED) is 0.303. The highest BCUT2D eigenvalue weighted by Crippen LogP contribution is 2.21. The number of nitrogens with zero attached hydrogens (tertiary/aromatic N) is 2. The number of halogens is 1. The number of hydrogen-bond donors (Lipinski definition) is 0. The Hall–Kier alpha value is -2.02. The third-order valence-corrected chi connectivity index (χ3v) is 5.11. The van der Waals surface area contributed by atoms with Crippen LogP contribution in [0.25, 0.3) is 10.9 Å². The summed E-state index contributed by atoms with van der Waals surface area (Å²) >= 11 is 7.57. The Morgan fingerprint density at radius 3 is 2.74 bits per heavy atom. The topological polar surface area (TPSA) is 53.4 Å². The lowest BCUT2D eigenvalue weighted by Gasteiger charge is -2.13. The average Bonchev–Trinajstić information content (AvgIpc) is 2.68. The van der Waals surface area contributed by atoms with Gasteiger partial charge in [-0.25, -0.2) is 4.98 Å². The lowest BCUT2D eigenvalue weighted by Crippen LogP contribution is -2.24. The summed E-state index contributed by atoms with van der Waals surface area (Å²) < 4.78 is 12.6. The van der Waals surface area contributed by atoms with E-state index in [2.05, 4.69) is 4.98 Å². The first-order valence-electron chi connectivity index (χ1n) is 8.69. The van der Waals surface area contributed by atoms with E-state index in [0.29, 0.717) is 46.6 Å². The summed E-state index contributed by atoms with van der Waals surface area (Å²) in [6.07, 6.45) is 0.741. The van der Waals surface area contributed by atoms with Crippen LogP contribution in [-0.2, 0) is 11.3 Å². The molecule has 1 heterocycles. The van der Waals surface area contributed by atoms with Gasteiger partial charge in [-0.05, 0) is 36.8 Å². The Morgan fingerprint density at radius 1 is 1.15 bits per heavy atom. The van der Waals surface area contributed by atoms with Crippen LogP contribution in [0.3, 0.4) is 0 Å². The maximum atomic E-state index is 12.9. The highest BCUT2D eigenvalue weighted by Gasteiger charge is 2.12. The predicted molar refractivity (Wildman–Crippen MR) is 110 cm³/mol. The van der Waals surface area contributed by atoms with E-state index in [-0.39, 0.29) is 5.56 Å². The van der Waals surface area contributed by atoms with Crippen molar-refractivity contribution in [2.24, 2.45) is 0 Å². The van der Waals surface area contributed by atoms with E-state index in [1.54, 1.807) is 29.9 Å². The Labute approximate surface area is 167 Å². The van der Waals surface area contributed by atoms with Crippen LogP contribution in [0.15, 0.2) is 58.5 Å². The van der Waals surface area contributed by atoms with E-state index in [1.807, 2.05) is 30.3 Å². The molecule has 0 amide bonds. The van der Waals surface area contributed by atoms with E-state index < -0.39 is 0 Å². The second-order valence-electron chi connectivity index (χ2n) is 5.87. The molecule has 7 heteroatoms. The maximum absolute atomic E-state index is 12.9. The second kappa shape index (κ2) is 9.78. The lowest BCUT2D eigenvalue weighted by atomic mass is 10.2. The van der Waals surface area contributed by atoms with Gasteiger partial charge in [0, 0.05) is 31.0 Å². The van der Waals surface area contributed by atoms with Crippen molar-refractivity contribution in [2.45, 2.75) is 18.1 Å². The Balaban J connectivity index is 1.78. The van der Waals surface area contributed by atoms with Crippen molar-refractivity contribution in [2.75, 3.05) is 26.1 Å². The molecule has 0 aliphatic heterocycles. The van der Waals surface area contributed by atoms with Crippen molar-refractivity contribution in [3.63, 3.8) is 0 Å². The van der Waals surface area contributed by atoms with Crippen molar-refractivity contribution < 1.29 is 9.47 Å². The molecule has 142 valence electrons. The van der Waals surface area contributed by atoms with E-state index in [1.165, 1.54) is 11.8 Å². The molecule has 0 saturated heterocycles. The van der Waals surface area contributed by atoms with Crippen molar-refractivity contribution in [3.8, 4) is 5.75 Å². The molecule has 1 aromatic heterocycles. The molecule has 0 atom stereocenters. The summed E-state index contributed by atoms with van der Waals surface area (Å²) in [6.45, 7) is 1.67. The predicted octanol–water partition coefficient (Wildman–Crippen LogP) is 4.26. The zero-order chi connectivity index (χ0) is 19.1. The van der Waals surface area contributed by atoms with E-state index in [9.17, 15) is 4.79 Å². The van der Waals surface area contributed by atoms with Gasteiger partial charge in [-0.1, -0.05) is 41.6 Å². The molecule has 0 aliphatic rings. The Bertz CT molecular complexity index is 947. The van der Waals surface area contributed by atoms with Crippen LogP contribution in [0.1, 0.15) is 6.42 Å². The van der Waals surface area contributed by atoms with Gasteiger partial charge in [0.05, 0.1) is 17.5 Å². The van der Waals surface area contributed by atoms with Crippen LogP contribution in [0, 0.1) is 0 Å². The summed E-state index contributed by atoms with van der Waals surface area (Å²) in [6, 6.07) is 14.8. The standard InChI is InChI=1S/C20H21ClN2O3S/c1-25-11-5-10-23-19(24)17-9-8-15(21)14-18(17)22-20(23)27-13-12-26-16-6-3-2-4-7-16/h2-4,6-9,14H,5,10-13H2,1H3. The number of ether oxygens (including phenoxy) is 2. The molecule has 0 bridgehead atoms. The number of methoxy groups -OCH3 is 1. The number of benzene rings is 2. The van der Waals surface area contributed by atoms with Crippen molar-refractivity contribution >= 4 is 34.3 Å². The number of aromatic nitrogens is 2. The smallest absolute Gasteiger partial charge is 0.262 e. The van der Waals surface area contributed by atoms with Gasteiger partial charge in [0.25, 0.3) is 5.56 Å². The molecule has 3 rings (SSSR count). The third-order valence-electron chi connectivity index (χ3n) is 3.94. The summed E-state index contributed by atoms with van der Waals surface area (Å²) in [5.74, 6) is 1.51. The van der Waals surface area contributed by atoms with Gasteiger partial charge in [-0.15, -0.1) is 0 Å². The van der Waals surface area contributed by atoms with Crippen LogP contribution in [-0.4, -0.2) is 35.6 Å². The normalized spacial score (nSPS) is 11.0. The fourth-order valence-electron chi connectivity index (χ4n) is 2.66. The zero-order valence-electron chi connectivity index (χ0n) is 15.1. The fraction of sp³-hybridized carbons (Fsp3) is 0.300. The highest BCUT2D eigenvalue weighted by atomic mass is 35.5. The minimum absolute atomic E-state index is 0.0563. The van der Waals surface area contributed by atoms with Crippen molar-refractivity contribution in [1.29, 1.82) is 0 Å². The lowest BCUT2D eigenvalue weighted by molar-refractivity contribution is 0.189. The molecule has 5 nitrogen and oxygen atoms in total. The number of thioether (sulfide) groups is 1. The van der Waals surface area contributed by atoms with Crippen molar-refractivity contribution in [3.05, 3.63) is 63.9 Å². The molecule has 0 N–H and O–H groups in total. The monoisotopic (exact) mass is 404 g/mol. The molecule has 27 heavy (non-hydrogen) atoms. The summed E-state index contributed by atoms with van der Waals surface area (Å²) in [4.78, 5) is 17.6. The molecule has 2 aromatic carbocycles. The van der Waals surface area contributed by atoms with E-state index in [0.717, 1.165) is 12.2 Å². The van der Waals surface area contributed by atoms with Gasteiger partial charge < -0.3 is 9.47 Å². The van der Waals surface area contributed by atoms with E-state index >= 15 is 0 Å². The van der Waals surface area contributed by atoms with Gasteiger partial charge >= 0.3 is 0 Å². The Morgan fingerprint density at radius 2 is 1.96 bits per heavy atom. The van der Waals surface area contributed by atoms with E-state index in [4.69, 9.17) is 21.1 Å². The van der Waals surface area contributed by atoms with Crippen LogP contribution in [0.5, 0.6) is 5.75 Å². The highest BCUT2D eigenvalue weighted by molar-refractivity contribution is 7.99. The largest absolute Gasteiger partial charge is 0.493 e. The number of fused-ring (bicyclic) bond motifs is 1. The first-order chi connectivity index (χ1) is 13.2. The summed E-state index contributed by atoms with van der Waals surface area (Å²) in [7, 11) is 1.65. The van der Waals surface area contributed by atoms with Crippen LogP contribution < -0.4 is 10.3 Å². The first-order valence-corrected chi connectivity index (χ1v) is 10.0. The number of rotatable bonds is 9. The van der Waals surface area contributed by atoms with Crippen LogP contribution >= 0.6 is 23.4 Å². The molecule has 0 spiro atoms. The second-order valence-corrected chi connectivity index (χ2v) is 7.37. The SMILES string of the molecule is COCCCn1c(SCCOc2ccccc2)nc2cc(Cl)ccc2c1=O. The molecule has 0 saturated carbocycles. The minimum Gasteiger partial charge on any atom is -0.493 e. The maximum Gasteiger partial charge on any atom is 0.262 e. The van der Waals surface area contributed by atoms with Gasteiger partial charge in [-0.3, -0.25) is 9.36 Å². The van der Waals surface area contributed by atoms with Crippen molar-refractivity contribution in [1.82, 2.24) is 9.55 Å². The first kappa shape index (κ1) is 19.7. The summed E-state index contributed by atoms with van der Waals surface area (Å²) in [5, 5.41) is 1.80. The molecular formula is C20H21ClN2O3S. The number of hydrogen-bond acceptors (Lipinski definition) is 5. The summed E-state index contributed by atoms with van der Waals surface area (Å²) in [5.41, 5.74) is 0.557. The fourth-order valence-corrected chi connectivity index (χ4v) is 3.67. The van der Waals surface area contributed by atoms with Gasteiger partial charge in [-0.2, -0.15) is 0 Å². The molecule has 3 aromatic rings. The van der Waals surface area contributed by atoms with Gasteiger partial charge in [0.15, 0.2) is 5.16 Å². The molecule has 0 fully saturated rings. The van der Waals surface area contributed by atoms with Gasteiger partial charge in [0.2, 0.25) is 0 Å². The third kappa shape index (κ3) is 5.25.